The van der Waals surface area contributed by atoms with Gasteiger partial charge in [-0.05, 0) is 67.9 Å². The quantitative estimate of drug-likeness (QED) is 0.444. The summed E-state index contributed by atoms with van der Waals surface area (Å²) in [5, 5.41) is 16.0. The third-order valence-corrected chi connectivity index (χ3v) is 5.56. The van der Waals surface area contributed by atoms with Crippen LogP contribution in [0.1, 0.15) is 29.5 Å². The lowest BCUT2D eigenvalue weighted by molar-refractivity contribution is -0.708. The Balaban J connectivity index is 1.65. The molecule has 8 nitrogen and oxygen atoms in total. The molecule has 4 aromatic rings. The summed E-state index contributed by atoms with van der Waals surface area (Å²) in [6.07, 6.45) is 4.11. The van der Waals surface area contributed by atoms with E-state index < -0.39 is 0 Å². The number of fused-ring (bicyclic) bond motifs is 1. The Hall–Kier alpha value is -3.26. The average molecular weight is 421 g/mol. The van der Waals surface area contributed by atoms with Gasteiger partial charge in [0.2, 0.25) is 5.82 Å². The zero-order valence-corrected chi connectivity index (χ0v) is 18.9. The first-order valence-electron chi connectivity index (χ1n) is 10.5. The average Bonchev–Trinajstić information content (AvgIpc) is 3.30. The molecule has 0 amide bonds. The molecule has 0 saturated carbocycles. The summed E-state index contributed by atoms with van der Waals surface area (Å²) in [5.41, 5.74) is 4.45. The van der Waals surface area contributed by atoms with Gasteiger partial charge in [0.05, 0.1) is 20.2 Å². The van der Waals surface area contributed by atoms with Crippen molar-refractivity contribution in [2.45, 2.75) is 39.8 Å². The van der Waals surface area contributed by atoms with E-state index in [1.807, 2.05) is 33.2 Å². The molecule has 0 atom stereocenters. The monoisotopic (exact) mass is 420 g/mol. The second-order valence-electron chi connectivity index (χ2n) is 8.13. The molecule has 0 bridgehead atoms. The molecule has 0 aliphatic carbocycles. The van der Waals surface area contributed by atoms with E-state index in [2.05, 4.69) is 65.6 Å². The van der Waals surface area contributed by atoms with Crippen LogP contribution in [0.4, 0.5) is 0 Å². The second-order valence-corrected chi connectivity index (χ2v) is 8.13. The molecule has 0 aliphatic rings. The summed E-state index contributed by atoms with van der Waals surface area (Å²) in [4.78, 5) is 2.09. The number of benzene rings is 1. The number of aryl methyl sites for hydroxylation is 3. The first-order valence-corrected chi connectivity index (χ1v) is 10.5. The Kier molecular flexibility index (Phi) is 5.99. The summed E-state index contributed by atoms with van der Waals surface area (Å²) < 4.78 is 9.82. The predicted molar refractivity (Wildman–Crippen MR) is 119 cm³/mol. The number of aromatic nitrogens is 6. The maximum Gasteiger partial charge on any atom is 0.274 e. The van der Waals surface area contributed by atoms with Crippen molar-refractivity contribution in [2.75, 3.05) is 21.2 Å². The Morgan fingerprint density at radius 1 is 1.13 bits per heavy atom. The zero-order valence-electron chi connectivity index (χ0n) is 18.9. The lowest BCUT2D eigenvalue weighted by Crippen LogP contribution is -2.38. The Morgan fingerprint density at radius 3 is 2.68 bits per heavy atom. The largest absolute Gasteiger partial charge is 0.497 e. The fourth-order valence-corrected chi connectivity index (χ4v) is 3.94. The second kappa shape index (κ2) is 8.85. The Bertz CT molecular complexity index is 1170. The van der Waals surface area contributed by atoms with Crippen LogP contribution in [0, 0.1) is 13.8 Å². The van der Waals surface area contributed by atoms with Crippen molar-refractivity contribution in [1.82, 2.24) is 29.7 Å². The van der Waals surface area contributed by atoms with Crippen molar-refractivity contribution in [3.05, 3.63) is 59.6 Å². The molecule has 0 unspecified atom stereocenters. The molecule has 0 fully saturated rings. The molecule has 0 aliphatic heterocycles. The van der Waals surface area contributed by atoms with Crippen LogP contribution >= 0.6 is 0 Å². The molecule has 0 spiro atoms. The van der Waals surface area contributed by atoms with Crippen LogP contribution in [0.3, 0.4) is 0 Å². The van der Waals surface area contributed by atoms with Crippen LogP contribution in [0.2, 0.25) is 0 Å². The SMILES string of the molecule is COc1ccc(CCC[n+]2c(C)n[nH]c2C)c(-c2ccc3nnc(CN(C)C)n3c2)c1. The van der Waals surface area contributed by atoms with Gasteiger partial charge in [-0.1, -0.05) is 6.07 Å². The van der Waals surface area contributed by atoms with Gasteiger partial charge >= 0.3 is 0 Å². The third kappa shape index (κ3) is 4.44. The van der Waals surface area contributed by atoms with Gasteiger partial charge in [-0.3, -0.25) is 4.40 Å². The first-order chi connectivity index (χ1) is 15.0. The maximum absolute atomic E-state index is 5.52. The van der Waals surface area contributed by atoms with E-state index in [9.17, 15) is 0 Å². The number of pyridine rings is 1. The van der Waals surface area contributed by atoms with E-state index in [4.69, 9.17) is 4.74 Å². The third-order valence-electron chi connectivity index (χ3n) is 5.56. The van der Waals surface area contributed by atoms with Crippen LogP contribution in [-0.2, 0) is 19.5 Å². The standard InChI is InChI=1S/C23H29N7O/c1-16-24-25-17(2)29(16)12-6-7-18-8-10-20(31-5)13-21(18)19-9-11-22-26-27-23(15-28(3)4)30(22)14-19/h8-11,13-14H,6-7,12,15H2,1-5H3/p+1. The molecule has 3 aromatic heterocycles. The molecule has 3 heterocycles. The molecule has 162 valence electrons. The molecular formula is C23H30N7O+. The summed E-state index contributed by atoms with van der Waals surface area (Å²) in [6.45, 7) is 5.74. The molecule has 1 aromatic carbocycles. The fraction of sp³-hybridized carbons (Fsp3) is 0.391. The van der Waals surface area contributed by atoms with E-state index >= 15 is 0 Å². The Morgan fingerprint density at radius 2 is 1.97 bits per heavy atom. The molecule has 31 heavy (non-hydrogen) atoms. The van der Waals surface area contributed by atoms with Crippen LogP contribution < -0.4 is 9.30 Å². The van der Waals surface area contributed by atoms with Crippen LogP contribution in [0.15, 0.2) is 36.5 Å². The van der Waals surface area contributed by atoms with Crippen molar-refractivity contribution in [3.63, 3.8) is 0 Å². The van der Waals surface area contributed by atoms with Crippen molar-refractivity contribution in [1.29, 1.82) is 0 Å². The highest BCUT2D eigenvalue weighted by atomic mass is 16.5. The van der Waals surface area contributed by atoms with Crippen molar-refractivity contribution in [3.8, 4) is 16.9 Å². The van der Waals surface area contributed by atoms with E-state index in [-0.39, 0.29) is 0 Å². The summed E-state index contributed by atoms with van der Waals surface area (Å²) in [5.74, 6) is 3.87. The highest BCUT2D eigenvalue weighted by Crippen LogP contribution is 2.29. The van der Waals surface area contributed by atoms with Crippen LogP contribution in [-0.4, -0.2) is 50.9 Å². The number of nitrogens with one attached hydrogen (secondary N) is 1. The van der Waals surface area contributed by atoms with Gasteiger partial charge in [0.25, 0.3) is 5.82 Å². The fourth-order valence-electron chi connectivity index (χ4n) is 3.94. The normalized spacial score (nSPS) is 11.5. The number of ether oxygens (including phenoxy) is 1. The summed E-state index contributed by atoms with van der Waals surface area (Å²) >= 11 is 0. The number of hydrogen-bond acceptors (Lipinski definition) is 5. The molecule has 1 N–H and O–H groups in total. The number of rotatable bonds is 8. The molecule has 4 rings (SSSR count). The van der Waals surface area contributed by atoms with E-state index in [1.165, 1.54) is 11.1 Å². The van der Waals surface area contributed by atoms with E-state index in [1.54, 1.807) is 7.11 Å². The topological polar surface area (TPSA) is 75.2 Å². The lowest BCUT2D eigenvalue weighted by atomic mass is 9.97. The minimum atomic E-state index is 0.732. The van der Waals surface area contributed by atoms with Gasteiger partial charge < -0.3 is 9.64 Å². The summed E-state index contributed by atoms with van der Waals surface area (Å²) in [7, 11) is 5.77. The van der Waals surface area contributed by atoms with Gasteiger partial charge in [-0.25, -0.2) is 4.57 Å². The smallest absolute Gasteiger partial charge is 0.274 e. The van der Waals surface area contributed by atoms with Crippen molar-refractivity contribution in [2.24, 2.45) is 0 Å². The van der Waals surface area contributed by atoms with Crippen LogP contribution in [0.5, 0.6) is 5.75 Å². The van der Waals surface area contributed by atoms with Gasteiger partial charge in [0.15, 0.2) is 11.5 Å². The van der Waals surface area contributed by atoms with Crippen molar-refractivity contribution < 1.29 is 9.30 Å². The first kappa shape index (κ1) is 21.0. The predicted octanol–water partition coefficient (Wildman–Crippen LogP) is 2.73. The lowest BCUT2D eigenvalue weighted by Gasteiger charge is -2.13. The molecule has 8 heteroatoms. The zero-order chi connectivity index (χ0) is 22.0. The maximum atomic E-state index is 5.52. The number of aromatic amines is 1. The Labute approximate surface area is 182 Å². The number of hydrogen-bond donors (Lipinski definition) is 1. The molecular weight excluding hydrogens is 390 g/mol. The minimum absolute atomic E-state index is 0.732. The van der Waals surface area contributed by atoms with Gasteiger partial charge in [0, 0.05) is 25.1 Å². The van der Waals surface area contributed by atoms with Gasteiger partial charge in [0.1, 0.15) is 5.75 Å². The van der Waals surface area contributed by atoms with Gasteiger partial charge in [-0.2, -0.15) is 0 Å². The van der Waals surface area contributed by atoms with Crippen molar-refractivity contribution >= 4 is 5.65 Å². The molecule has 0 saturated heterocycles. The minimum Gasteiger partial charge on any atom is -0.497 e. The highest BCUT2D eigenvalue weighted by Gasteiger charge is 2.14. The number of H-pyrrole nitrogens is 1. The van der Waals surface area contributed by atoms with E-state index in [0.29, 0.717) is 0 Å². The number of nitrogens with zero attached hydrogens (tertiary/aromatic N) is 6. The van der Waals surface area contributed by atoms with Gasteiger partial charge in [-0.15, -0.1) is 15.3 Å². The van der Waals surface area contributed by atoms with Crippen LogP contribution in [0.25, 0.3) is 16.8 Å². The van der Waals surface area contributed by atoms with E-state index in [0.717, 1.165) is 60.4 Å². The summed E-state index contributed by atoms with van der Waals surface area (Å²) in [6, 6.07) is 10.5. The number of methoxy groups -OCH3 is 1. The highest BCUT2D eigenvalue weighted by molar-refractivity contribution is 5.70. The molecule has 0 radical (unpaired) electrons.